The molecule has 15 heavy (non-hydrogen) atoms. The molecule has 2 aromatic heterocycles. The maximum absolute atomic E-state index is 12.9. The van der Waals surface area contributed by atoms with E-state index in [2.05, 4.69) is 22.2 Å². The first-order valence-corrected chi connectivity index (χ1v) is 5.13. The fourth-order valence-corrected chi connectivity index (χ4v) is 1.63. The number of aromatic amines is 1. The average molecular weight is 207 g/mol. The van der Waals surface area contributed by atoms with E-state index in [4.69, 9.17) is 0 Å². The molecule has 2 rings (SSSR count). The van der Waals surface area contributed by atoms with Gasteiger partial charge in [0.1, 0.15) is 5.82 Å². The van der Waals surface area contributed by atoms with Gasteiger partial charge in [-0.3, -0.25) is 4.98 Å². The van der Waals surface area contributed by atoms with E-state index in [0.717, 1.165) is 36.1 Å². The highest BCUT2D eigenvalue weighted by Gasteiger charge is 2.05. The minimum atomic E-state index is -0.303. The van der Waals surface area contributed by atoms with Crippen LogP contribution in [-0.2, 0) is 6.42 Å². The molecule has 0 amide bonds. The number of aromatic nitrogens is 2. The number of likely N-dealkylation sites (N-methyl/N-ethyl adjacent to an activating group) is 1. The molecule has 2 aromatic rings. The van der Waals surface area contributed by atoms with Gasteiger partial charge in [0, 0.05) is 12.3 Å². The minimum Gasteiger partial charge on any atom is -0.359 e. The Kier molecular flexibility index (Phi) is 2.97. The molecule has 0 atom stereocenters. The molecule has 0 radical (unpaired) electrons. The van der Waals surface area contributed by atoms with Crippen molar-refractivity contribution < 1.29 is 4.39 Å². The molecule has 0 aliphatic carbocycles. The van der Waals surface area contributed by atoms with Crippen LogP contribution in [0.25, 0.3) is 11.0 Å². The Morgan fingerprint density at radius 1 is 1.53 bits per heavy atom. The largest absolute Gasteiger partial charge is 0.359 e. The van der Waals surface area contributed by atoms with Crippen molar-refractivity contribution in [2.45, 2.75) is 13.3 Å². The van der Waals surface area contributed by atoms with Gasteiger partial charge in [-0.2, -0.15) is 0 Å². The second kappa shape index (κ2) is 4.40. The first-order valence-electron chi connectivity index (χ1n) is 5.13. The van der Waals surface area contributed by atoms with Crippen LogP contribution in [0.2, 0.25) is 0 Å². The van der Waals surface area contributed by atoms with Gasteiger partial charge in [0.2, 0.25) is 0 Å². The Labute approximate surface area is 87.7 Å². The van der Waals surface area contributed by atoms with Gasteiger partial charge >= 0.3 is 0 Å². The van der Waals surface area contributed by atoms with Crippen LogP contribution in [-0.4, -0.2) is 23.1 Å². The third-order valence-corrected chi connectivity index (χ3v) is 2.38. The zero-order valence-corrected chi connectivity index (χ0v) is 8.68. The fourth-order valence-electron chi connectivity index (χ4n) is 1.63. The van der Waals surface area contributed by atoms with Gasteiger partial charge in [-0.05, 0) is 25.1 Å². The summed E-state index contributed by atoms with van der Waals surface area (Å²) in [6.45, 7) is 3.95. The van der Waals surface area contributed by atoms with Crippen LogP contribution < -0.4 is 5.32 Å². The number of hydrogen-bond donors (Lipinski definition) is 2. The Morgan fingerprint density at radius 3 is 3.20 bits per heavy atom. The summed E-state index contributed by atoms with van der Waals surface area (Å²) in [5.74, 6) is -0.303. The molecule has 0 aliphatic rings. The standard InChI is InChI=1S/C11H14FN3/c1-2-13-4-3-8-6-14-10-5-9(12)7-15-11(8)10/h5-7,13-14H,2-4H2,1H3. The van der Waals surface area contributed by atoms with Crippen LogP contribution in [0.3, 0.4) is 0 Å². The number of hydrogen-bond acceptors (Lipinski definition) is 2. The van der Waals surface area contributed by atoms with E-state index in [1.807, 2.05) is 6.20 Å². The number of pyridine rings is 1. The lowest BCUT2D eigenvalue weighted by atomic mass is 10.2. The highest BCUT2D eigenvalue weighted by Crippen LogP contribution is 2.16. The quantitative estimate of drug-likeness (QED) is 0.751. The minimum absolute atomic E-state index is 0.303. The smallest absolute Gasteiger partial charge is 0.143 e. The number of halogens is 1. The molecular formula is C11H14FN3. The normalized spacial score (nSPS) is 11.1. The van der Waals surface area contributed by atoms with E-state index in [1.165, 1.54) is 12.3 Å². The van der Waals surface area contributed by atoms with Gasteiger partial charge < -0.3 is 10.3 Å². The van der Waals surface area contributed by atoms with Gasteiger partial charge in [0.15, 0.2) is 0 Å². The highest BCUT2D eigenvalue weighted by molar-refractivity contribution is 5.78. The maximum atomic E-state index is 12.9. The zero-order valence-electron chi connectivity index (χ0n) is 8.68. The third-order valence-electron chi connectivity index (χ3n) is 2.38. The first-order chi connectivity index (χ1) is 7.31. The summed E-state index contributed by atoms with van der Waals surface area (Å²) in [7, 11) is 0. The van der Waals surface area contributed by atoms with E-state index < -0.39 is 0 Å². The van der Waals surface area contributed by atoms with E-state index >= 15 is 0 Å². The van der Waals surface area contributed by atoms with Crippen LogP contribution >= 0.6 is 0 Å². The monoisotopic (exact) mass is 207 g/mol. The Morgan fingerprint density at radius 2 is 2.40 bits per heavy atom. The molecule has 0 saturated heterocycles. The molecule has 0 spiro atoms. The van der Waals surface area contributed by atoms with Crippen molar-refractivity contribution in [2.24, 2.45) is 0 Å². The van der Waals surface area contributed by atoms with Crippen LogP contribution in [0.1, 0.15) is 12.5 Å². The van der Waals surface area contributed by atoms with Crippen molar-refractivity contribution in [1.29, 1.82) is 0 Å². The molecule has 4 heteroatoms. The molecule has 0 fully saturated rings. The highest BCUT2D eigenvalue weighted by atomic mass is 19.1. The van der Waals surface area contributed by atoms with Gasteiger partial charge in [-0.25, -0.2) is 4.39 Å². The predicted molar refractivity (Wildman–Crippen MR) is 58.3 cm³/mol. The van der Waals surface area contributed by atoms with Crippen molar-refractivity contribution in [3.05, 3.63) is 29.8 Å². The topological polar surface area (TPSA) is 40.7 Å². The van der Waals surface area contributed by atoms with E-state index in [-0.39, 0.29) is 5.82 Å². The molecule has 0 bridgehead atoms. The lowest BCUT2D eigenvalue weighted by Crippen LogP contribution is -2.15. The molecule has 0 saturated carbocycles. The second-order valence-electron chi connectivity index (χ2n) is 3.47. The van der Waals surface area contributed by atoms with Crippen molar-refractivity contribution in [3.8, 4) is 0 Å². The third kappa shape index (κ3) is 2.15. The maximum Gasteiger partial charge on any atom is 0.143 e. The summed E-state index contributed by atoms with van der Waals surface area (Å²) in [6.07, 6.45) is 4.06. The lowest BCUT2D eigenvalue weighted by Gasteiger charge is -1.99. The molecule has 2 heterocycles. The van der Waals surface area contributed by atoms with E-state index in [9.17, 15) is 4.39 Å². The van der Waals surface area contributed by atoms with Crippen molar-refractivity contribution >= 4 is 11.0 Å². The molecule has 2 N–H and O–H groups in total. The van der Waals surface area contributed by atoms with Crippen LogP contribution in [0.5, 0.6) is 0 Å². The van der Waals surface area contributed by atoms with Crippen molar-refractivity contribution in [2.75, 3.05) is 13.1 Å². The second-order valence-corrected chi connectivity index (χ2v) is 3.47. The molecule has 0 aliphatic heterocycles. The van der Waals surface area contributed by atoms with Gasteiger partial charge in [-0.1, -0.05) is 6.92 Å². The number of nitrogens with one attached hydrogen (secondary N) is 2. The van der Waals surface area contributed by atoms with Gasteiger partial charge in [-0.15, -0.1) is 0 Å². The summed E-state index contributed by atoms with van der Waals surface area (Å²) in [4.78, 5) is 7.11. The number of nitrogens with zero attached hydrogens (tertiary/aromatic N) is 1. The average Bonchev–Trinajstić information content (AvgIpc) is 2.61. The summed E-state index contributed by atoms with van der Waals surface area (Å²) in [5.41, 5.74) is 2.77. The van der Waals surface area contributed by atoms with Crippen LogP contribution in [0.15, 0.2) is 18.5 Å². The number of fused-ring (bicyclic) bond motifs is 1. The van der Waals surface area contributed by atoms with E-state index in [1.54, 1.807) is 0 Å². The fraction of sp³-hybridized carbons (Fsp3) is 0.364. The van der Waals surface area contributed by atoms with Gasteiger partial charge in [0.05, 0.1) is 17.2 Å². The molecular weight excluding hydrogens is 193 g/mol. The van der Waals surface area contributed by atoms with E-state index in [0.29, 0.717) is 0 Å². The summed E-state index contributed by atoms with van der Waals surface area (Å²) < 4.78 is 12.9. The Hall–Kier alpha value is -1.42. The SMILES string of the molecule is CCNCCc1c[nH]c2cc(F)cnc12. The zero-order chi connectivity index (χ0) is 10.7. The van der Waals surface area contributed by atoms with Crippen molar-refractivity contribution in [1.82, 2.24) is 15.3 Å². The Balaban J connectivity index is 2.21. The summed E-state index contributed by atoms with van der Waals surface area (Å²) >= 11 is 0. The van der Waals surface area contributed by atoms with Crippen LogP contribution in [0, 0.1) is 5.82 Å². The number of rotatable bonds is 4. The molecule has 0 aromatic carbocycles. The summed E-state index contributed by atoms with van der Waals surface area (Å²) in [6, 6.07) is 1.47. The predicted octanol–water partition coefficient (Wildman–Crippen LogP) is 1.85. The van der Waals surface area contributed by atoms with Crippen LogP contribution in [0.4, 0.5) is 4.39 Å². The molecule has 80 valence electrons. The first kappa shape index (κ1) is 10.1. The number of H-pyrrole nitrogens is 1. The lowest BCUT2D eigenvalue weighted by molar-refractivity contribution is 0.624. The Bertz CT molecular complexity index is 450. The molecule has 0 unspecified atom stereocenters. The van der Waals surface area contributed by atoms with Gasteiger partial charge in [0.25, 0.3) is 0 Å². The molecule has 3 nitrogen and oxygen atoms in total. The van der Waals surface area contributed by atoms with Crippen molar-refractivity contribution in [3.63, 3.8) is 0 Å². The summed E-state index contributed by atoms with van der Waals surface area (Å²) in [5, 5.41) is 3.25.